The van der Waals surface area contributed by atoms with Crippen molar-refractivity contribution in [3.05, 3.63) is 42.3 Å². The van der Waals surface area contributed by atoms with Crippen molar-refractivity contribution in [3.63, 3.8) is 0 Å². The summed E-state index contributed by atoms with van der Waals surface area (Å²) >= 11 is 0. The second-order valence-corrected chi connectivity index (χ2v) is 7.57. The van der Waals surface area contributed by atoms with E-state index in [2.05, 4.69) is 10.1 Å². The highest BCUT2D eigenvalue weighted by Crippen LogP contribution is 2.29. The number of benzene rings is 1. The number of primary amides is 1. The van der Waals surface area contributed by atoms with Gasteiger partial charge < -0.3 is 20.9 Å². The average molecular weight is 401 g/mol. The van der Waals surface area contributed by atoms with E-state index in [4.69, 9.17) is 20.9 Å². The van der Waals surface area contributed by atoms with Crippen LogP contribution in [0.2, 0.25) is 0 Å². The van der Waals surface area contributed by atoms with Crippen LogP contribution >= 0.6 is 0 Å². The SMILES string of the molecule is CC(C)CC(C)(COc1ccc(-c2cc(N)nc3ccnn23)c(F)c1)OC(N)=O. The van der Waals surface area contributed by atoms with Gasteiger partial charge in [-0.2, -0.15) is 5.10 Å². The number of fused-ring (bicyclic) bond motifs is 1. The molecule has 0 bridgehead atoms. The first kappa shape index (κ1) is 20.4. The number of ether oxygens (including phenoxy) is 2. The van der Waals surface area contributed by atoms with Crippen LogP contribution in [-0.2, 0) is 4.74 Å². The number of nitrogens with two attached hydrogens (primary N) is 2. The summed E-state index contributed by atoms with van der Waals surface area (Å²) < 4.78 is 27.3. The first-order valence-corrected chi connectivity index (χ1v) is 9.18. The lowest BCUT2D eigenvalue weighted by Crippen LogP contribution is -2.41. The highest BCUT2D eigenvalue weighted by atomic mass is 19.1. The molecule has 3 aromatic rings. The average Bonchev–Trinajstić information content (AvgIpc) is 3.06. The molecule has 8 nitrogen and oxygen atoms in total. The summed E-state index contributed by atoms with van der Waals surface area (Å²) in [6.45, 7) is 5.76. The van der Waals surface area contributed by atoms with Crippen LogP contribution in [0.25, 0.3) is 16.9 Å². The Morgan fingerprint density at radius 3 is 2.72 bits per heavy atom. The van der Waals surface area contributed by atoms with Crippen LogP contribution in [0, 0.1) is 11.7 Å². The highest BCUT2D eigenvalue weighted by molar-refractivity contribution is 5.67. The fourth-order valence-corrected chi connectivity index (χ4v) is 3.39. The number of carbonyl (C=O) groups excluding carboxylic acids is 1. The molecule has 4 N–H and O–H groups in total. The first-order chi connectivity index (χ1) is 13.7. The molecule has 2 aromatic heterocycles. The lowest BCUT2D eigenvalue weighted by Gasteiger charge is -2.30. The number of amides is 1. The Morgan fingerprint density at radius 2 is 2.07 bits per heavy atom. The van der Waals surface area contributed by atoms with Gasteiger partial charge in [-0.15, -0.1) is 0 Å². The monoisotopic (exact) mass is 401 g/mol. The van der Waals surface area contributed by atoms with Crippen LogP contribution in [0.15, 0.2) is 36.5 Å². The van der Waals surface area contributed by atoms with Crippen LogP contribution in [-0.4, -0.2) is 32.9 Å². The van der Waals surface area contributed by atoms with Gasteiger partial charge in [-0.1, -0.05) is 13.8 Å². The quantitative estimate of drug-likeness (QED) is 0.626. The molecule has 1 amide bonds. The Bertz CT molecular complexity index is 1040. The standard InChI is InChI=1S/C20H24FN5O3/c1-12(2)10-20(3,29-19(23)27)11-28-13-4-5-14(15(21)8-13)16-9-17(22)25-18-6-7-24-26(16)18/h4-9,12H,10-11H2,1-3H3,(H2,22,25)(H2,23,27). The van der Waals surface area contributed by atoms with Crippen LogP contribution in [0.1, 0.15) is 27.2 Å². The van der Waals surface area contributed by atoms with Crippen molar-refractivity contribution in [3.8, 4) is 17.0 Å². The normalized spacial score (nSPS) is 13.4. The molecule has 0 aliphatic rings. The van der Waals surface area contributed by atoms with E-state index in [1.807, 2.05) is 13.8 Å². The zero-order valence-corrected chi connectivity index (χ0v) is 16.6. The van der Waals surface area contributed by atoms with Crippen molar-refractivity contribution in [1.29, 1.82) is 0 Å². The molecule has 0 aliphatic carbocycles. The second-order valence-electron chi connectivity index (χ2n) is 7.57. The van der Waals surface area contributed by atoms with Gasteiger partial charge in [-0.05, 0) is 31.4 Å². The van der Waals surface area contributed by atoms with Gasteiger partial charge in [0.25, 0.3) is 0 Å². The molecule has 9 heteroatoms. The van der Waals surface area contributed by atoms with E-state index in [1.54, 1.807) is 37.4 Å². The fourth-order valence-electron chi connectivity index (χ4n) is 3.39. The van der Waals surface area contributed by atoms with Gasteiger partial charge in [0, 0.05) is 23.8 Å². The number of nitrogens with zero attached hydrogens (tertiary/aromatic N) is 3. The molecule has 1 unspecified atom stereocenters. The first-order valence-electron chi connectivity index (χ1n) is 9.18. The zero-order chi connectivity index (χ0) is 21.2. The number of nitrogen functional groups attached to an aromatic ring is 1. The maximum Gasteiger partial charge on any atom is 0.405 e. The zero-order valence-electron chi connectivity index (χ0n) is 16.6. The molecule has 29 heavy (non-hydrogen) atoms. The summed E-state index contributed by atoms with van der Waals surface area (Å²) in [5.74, 6) is 0.302. The summed E-state index contributed by atoms with van der Waals surface area (Å²) in [4.78, 5) is 15.4. The summed E-state index contributed by atoms with van der Waals surface area (Å²) in [5, 5.41) is 4.16. The van der Waals surface area contributed by atoms with Crippen molar-refractivity contribution in [1.82, 2.24) is 14.6 Å². The molecule has 0 spiro atoms. The third kappa shape index (κ3) is 4.74. The Balaban J connectivity index is 1.84. The predicted octanol–water partition coefficient (Wildman–Crippen LogP) is 3.40. The summed E-state index contributed by atoms with van der Waals surface area (Å²) in [6.07, 6.45) is 1.23. The molecule has 154 valence electrons. The number of hydrogen-bond acceptors (Lipinski definition) is 6. The number of anilines is 1. The molecule has 3 rings (SSSR count). The molecule has 2 heterocycles. The predicted molar refractivity (Wildman–Crippen MR) is 107 cm³/mol. The van der Waals surface area contributed by atoms with Crippen molar-refractivity contribution in [2.45, 2.75) is 32.8 Å². The highest BCUT2D eigenvalue weighted by Gasteiger charge is 2.30. The van der Waals surface area contributed by atoms with Crippen molar-refractivity contribution < 1.29 is 18.7 Å². The maximum absolute atomic E-state index is 14.9. The second kappa shape index (κ2) is 7.94. The van der Waals surface area contributed by atoms with E-state index in [9.17, 15) is 9.18 Å². The minimum atomic E-state index is -0.921. The van der Waals surface area contributed by atoms with Gasteiger partial charge in [0.05, 0.1) is 11.9 Å². The smallest absolute Gasteiger partial charge is 0.405 e. The molecule has 0 fully saturated rings. The van der Waals surface area contributed by atoms with E-state index >= 15 is 0 Å². The van der Waals surface area contributed by atoms with Gasteiger partial charge in [-0.3, -0.25) is 0 Å². The van der Waals surface area contributed by atoms with E-state index in [0.29, 0.717) is 29.1 Å². The van der Waals surface area contributed by atoms with Gasteiger partial charge in [0.1, 0.15) is 29.6 Å². The molecular weight excluding hydrogens is 377 g/mol. The van der Waals surface area contributed by atoms with Crippen LogP contribution in [0.3, 0.4) is 0 Å². The van der Waals surface area contributed by atoms with Crippen molar-refractivity contribution in [2.75, 3.05) is 12.3 Å². The van der Waals surface area contributed by atoms with Crippen LogP contribution in [0.4, 0.5) is 15.0 Å². The van der Waals surface area contributed by atoms with E-state index < -0.39 is 17.5 Å². The topological polar surface area (TPSA) is 118 Å². The molecule has 0 aliphatic heterocycles. The Hall–Kier alpha value is -3.36. The summed E-state index contributed by atoms with van der Waals surface area (Å²) in [7, 11) is 0. The van der Waals surface area contributed by atoms with Crippen molar-refractivity contribution in [2.24, 2.45) is 11.7 Å². The van der Waals surface area contributed by atoms with Gasteiger partial charge >= 0.3 is 6.09 Å². The Kier molecular flexibility index (Phi) is 5.58. The van der Waals surface area contributed by atoms with Crippen LogP contribution < -0.4 is 16.2 Å². The van der Waals surface area contributed by atoms with Crippen LogP contribution in [0.5, 0.6) is 5.75 Å². The Morgan fingerprint density at radius 1 is 1.31 bits per heavy atom. The molecule has 0 saturated carbocycles. The number of rotatable bonds is 7. The number of aromatic nitrogens is 3. The lowest BCUT2D eigenvalue weighted by molar-refractivity contribution is -0.0186. The third-order valence-electron chi connectivity index (χ3n) is 4.33. The van der Waals surface area contributed by atoms with E-state index in [0.717, 1.165) is 0 Å². The number of hydrogen-bond donors (Lipinski definition) is 2. The fraction of sp³-hybridized carbons (Fsp3) is 0.350. The number of carbonyl (C=O) groups is 1. The van der Waals surface area contributed by atoms with Gasteiger partial charge in [-0.25, -0.2) is 18.7 Å². The van der Waals surface area contributed by atoms with E-state index in [-0.39, 0.29) is 18.3 Å². The molecular formula is C20H24FN5O3. The lowest BCUT2D eigenvalue weighted by atomic mass is 9.95. The maximum atomic E-state index is 14.9. The minimum Gasteiger partial charge on any atom is -0.489 e. The summed E-state index contributed by atoms with van der Waals surface area (Å²) in [6, 6.07) is 7.71. The van der Waals surface area contributed by atoms with Crippen molar-refractivity contribution >= 4 is 17.6 Å². The van der Waals surface area contributed by atoms with Gasteiger partial charge in [0.2, 0.25) is 0 Å². The minimum absolute atomic E-state index is 0.0402. The van der Waals surface area contributed by atoms with Gasteiger partial charge in [0.15, 0.2) is 5.65 Å². The third-order valence-corrected chi connectivity index (χ3v) is 4.33. The molecule has 1 atom stereocenters. The Labute approximate surface area is 167 Å². The summed E-state index contributed by atoms with van der Waals surface area (Å²) in [5.41, 5.74) is 11.4. The largest absolute Gasteiger partial charge is 0.489 e. The molecule has 0 saturated heterocycles. The van der Waals surface area contributed by atoms with E-state index in [1.165, 1.54) is 10.6 Å². The number of halogens is 1. The molecule has 0 radical (unpaired) electrons. The molecule has 1 aromatic carbocycles.